The lowest BCUT2D eigenvalue weighted by Crippen LogP contribution is -2.53. The maximum absolute atomic E-state index is 13.4. The average Bonchev–Trinajstić information content (AvgIpc) is 3.22. The predicted molar refractivity (Wildman–Crippen MR) is 110 cm³/mol. The highest BCUT2D eigenvalue weighted by Crippen LogP contribution is 2.47. The van der Waals surface area contributed by atoms with Gasteiger partial charge in [0.05, 0.1) is 24.8 Å². The number of aliphatic hydroxyl groups is 1. The summed E-state index contributed by atoms with van der Waals surface area (Å²) in [5.74, 6) is -0.936. The number of methoxy groups -OCH3 is 1. The first-order chi connectivity index (χ1) is 13.9. The highest BCUT2D eigenvalue weighted by molar-refractivity contribution is 6.31. The van der Waals surface area contributed by atoms with Gasteiger partial charge in [-0.15, -0.1) is 0 Å². The van der Waals surface area contributed by atoms with Gasteiger partial charge in [0.25, 0.3) is 0 Å². The number of hydrogen-bond donors (Lipinski definition) is 4. The third-order valence-corrected chi connectivity index (χ3v) is 5.94. The van der Waals surface area contributed by atoms with Crippen molar-refractivity contribution < 1.29 is 19.4 Å². The fraction of sp³-hybridized carbons (Fsp3) is 0.333. The quantitative estimate of drug-likeness (QED) is 0.614. The molecule has 2 aliphatic heterocycles. The molecule has 1 spiro atoms. The van der Waals surface area contributed by atoms with Gasteiger partial charge in [0.1, 0.15) is 11.3 Å². The zero-order valence-electron chi connectivity index (χ0n) is 16.0. The van der Waals surface area contributed by atoms with Crippen molar-refractivity contribution in [2.24, 2.45) is 5.92 Å². The molecule has 29 heavy (non-hydrogen) atoms. The Hall–Kier alpha value is -2.61. The van der Waals surface area contributed by atoms with Gasteiger partial charge in [-0.25, -0.2) is 0 Å². The van der Waals surface area contributed by atoms with E-state index in [-0.39, 0.29) is 11.8 Å². The molecule has 0 aliphatic carbocycles. The van der Waals surface area contributed by atoms with E-state index in [0.717, 1.165) is 0 Å². The number of amides is 2. The average molecular weight is 416 g/mol. The lowest BCUT2D eigenvalue weighted by Gasteiger charge is -2.29. The number of fused-ring (bicyclic) bond motifs is 2. The second-order valence-corrected chi connectivity index (χ2v) is 7.86. The molecule has 4 rings (SSSR count). The number of nitrogens with one attached hydrogen (secondary N) is 3. The number of hydrogen-bond acceptors (Lipinski definition) is 5. The fourth-order valence-corrected chi connectivity index (χ4v) is 4.44. The van der Waals surface area contributed by atoms with Crippen LogP contribution in [-0.4, -0.2) is 36.2 Å². The van der Waals surface area contributed by atoms with Crippen molar-refractivity contribution in [3.05, 3.63) is 53.1 Å². The molecule has 152 valence electrons. The SMILES string of the molecule is COc1ccc(Cl)cc1NC(=O)[C@H]1C[C@H]([C@H](C)O)N[C@@]12C(=O)Nc1ccccc12. The predicted octanol–water partition coefficient (Wildman–Crippen LogP) is 2.49. The fourth-order valence-electron chi connectivity index (χ4n) is 4.27. The Morgan fingerprint density at radius 3 is 2.83 bits per heavy atom. The van der Waals surface area contributed by atoms with E-state index < -0.39 is 23.6 Å². The Morgan fingerprint density at radius 1 is 1.34 bits per heavy atom. The summed E-state index contributed by atoms with van der Waals surface area (Å²) < 4.78 is 5.31. The normalized spacial score (nSPS) is 26.1. The molecular formula is C21H22ClN3O4. The van der Waals surface area contributed by atoms with E-state index >= 15 is 0 Å². The highest BCUT2D eigenvalue weighted by atomic mass is 35.5. The second-order valence-electron chi connectivity index (χ2n) is 7.42. The Bertz CT molecular complexity index is 980. The summed E-state index contributed by atoms with van der Waals surface area (Å²) in [6, 6.07) is 11.8. The van der Waals surface area contributed by atoms with E-state index in [1.807, 2.05) is 18.2 Å². The van der Waals surface area contributed by atoms with Gasteiger partial charge in [-0.1, -0.05) is 29.8 Å². The van der Waals surface area contributed by atoms with Crippen LogP contribution in [0.3, 0.4) is 0 Å². The van der Waals surface area contributed by atoms with Crippen molar-refractivity contribution in [2.75, 3.05) is 17.7 Å². The van der Waals surface area contributed by atoms with Crippen molar-refractivity contribution >= 4 is 34.8 Å². The topological polar surface area (TPSA) is 99.7 Å². The van der Waals surface area contributed by atoms with Crippen molar-refractivity contribution in [3.8, 4) is 5.75 Å². The maximum atomic E-state index is 13.4. The van der Waals surface area contributed by atoms with Crippen LogP contribution in [0, 0.1) is 5.92 Å². The number of para-hydroxylation sites is 1. The number of carbonyl (C=O) groups is 2. The standard InChI is InChI=1S/C21H22ClN3O4/c1-11(26)16-10-14(19(27)23-17-9-12(22)7-8-18(17)29-2)21(25-16)13-5-3-4-6-15(13)24-20(21)28/h3-9,11,14,16,25-26H,10H2,1-2H3,(H,23,27)(H,24,28)/t11-,14+,16+,21+/m0/s1. The minimum atomic E-state index is -1.26. The van der Waals surface area contributed by atoms with E-state index in [2.05, 4.69) is 16.0 Å². The Morgan fingerprint density at radius 2 is 2.10 bits per heavy atom. The van der Waals surface area contributed by atoms with Gasteiger partial charge in [-0.05, 0) is 37.6 Å². The lowest BCUT2D eigenvalue weighted by atomic mass is 9.79. The largest absolute Gasteiger partial charge is 0.495 e. The van der Waals surface area contributed by atoms with Crippen LogP contribution in [0.1, 0.15) is 18.9 Å². The summed E-state index contributed by atoms with van der Waals surface area (Å²) >= 11 is 6.08. The van der Waals surface area contributed by atoms with Crippen molar-refractivity contribution in [3.63, 3.8) is 0 Å². The smallest absolute Gasteiger partial charge is 0.250 e. The Labute approximate surface area is 173 Å². The summed E-state index contributed by atoms with van der Waals surface area (Å²) in [6.07, 6.45) is -0.431. The van der Waals surface area contributed by atoms with Crippen LogP contribution in [0.15, 0.2) is 42.5 Å². The van der Waals surface area contributed by atoms with E-state index in [0.29, 0.717) is 34.1 Å². The van der Waals surface area contributed by atoms with Gasteiger partial charge in [0.2, 0.25) is 11.8 Å². The Kier molecular flexibility index (Phi) is 4.98. The first-order valence-corrected chi connectivity index (χ1v) is 9.75. The molecule has 1 saturated heterocycles. The number of rotatable bonds is 4. The van der Waals surface area contributed by atoms with Crippen molar-refractivity contribution in [2.45, 2.75) is 31.0 Å². The molecular weight excluding hydrogens is 394 g/mol. The van der Waals surface area contributed by atoms with E-state index in [4.69, 9.17) is 16.3 Å². The minimum Gasteiger partial charge on any atom is -0.495 e. The van der Waals surface area contributed by atoms with Crippen LogP contribution in [0.2, 0.25) is 5.02 Å². The molecule has 2 heterocycles. The van der Waals surface area contributed by atoms with Crippen molar-refractivity contribution in [1.82, 2.24) is 5.32 Å². The Balaban J connectivity index is 1.74. The van der Waals surface area contributed by atoms with Crippen LogP contribution < -0.4 is 20.7 Å². The zero-order valence-corrected chi connectivity index (χ0v) is 16.8. The molecule has 4 N–H and O–H groups in total. The summed E-state index contributed by atoms with van der Waals surface area (Å²) in [5, 5.41) is 19.6. The van der Waals surface area contributed by atoms with Gasteiger partial charge in [0.15, 0.2) is 0 Å². The van der Waals surface area contributed by atoms with Gasteiger partial charge in [-0.3, -0.25) is 14.9 Å². The molecule has 0 saturated carbocycles. The van der Waals surface area contributed by atoms with Gasteiger partial charge in [0, 0.05) is 22.3 Å². The summed E-state index contributed by atoms with van der Waals surface area (Å²) in [7, 11) is 1.50. The number of ether oxygens (including phenoxy) is 1. The number of anilines is 2. The summed E-state index contributed by atoms with van der Waals surface area (Å²) in [5.41, 5.74) is 0.529. The van der Waals surface area contributed by atoms with Crippen molar-refractivity contribution in [1.29, 1.82) is 0 Å². The molecule has 0 bridgehead atoms. The maximum Gasteiger partial charge on any atom is 0.250 e. The monoisotopic (exact) mass is 415 g/mol. The zero-order chi connectivity index (χ0) is 20.8. The first kappa shape index (κ1) is 19.7. The summed E-state index contributed by atoms with van der Waals surface area (Å²) in [6.45, 7) is 1.64. The molecule has 4 atom stereocenters. The van der Waals surface area contributed by atoms with Crippen LogP contribution in [0.4, 0.5) is 11.4 Å². The van der Waals surface area contributed by atoms with E-state index in [9.17, 15) is 14.7 Å². The van der Waals surface area contributed by atoms with Crippen LogP contribution in [-0.2, 0) is 15.1 Å². The van der Waals surface area contributed by atoms with E-state index in [1.165, 1.54) is 7.11 Å². The number of benzene rings is 2. The molecule has 0 unspecified atom stereocenters. The van der Waals surface area contributed by atoms with Gasteiger partial charge < -0.3 is 20.5 Å². The highest BCUT2D eigenvalue weighted by Gasteiger charge is 2.60. The van der Waals surface area contributed by atoms with Gasteiger partial charge in [-0.2, -0.15) is 0 Å². The lowest BCUT2D eigenvalue weighted by molar-refractivity contribution is -0.130. The van der Waals surface area contributed by atoms with Gasteiger partial charge >= 0.3 is 0 Å². The molecule has 7 nitrogen and oxygen atoms in total. The molecule has 8 heteroatoms. The first-order valence-electron chi connectivity index (χ1n) is 9.38. The van der Waals surface area contributed by atoms with Crippen LogP contribution >= 0.6 is 11.6 Å². The number of halogens is 1. The molecule has 0 radical (unpaired) electrons. The third-order valence-electron chi connectivity index (χ3n) is 5.70. The third kappa shape index (κ3) is 3.15. The molecule has 1 fully saturated rings. The second kappa shape index (κ2) is 7.33. The molecule has 2 aliphatic rings. The van der Waals surface area contributed by atoms with Crippen LogP contribution in [0.5, 0.6) is 5.75 Å². The number of aliphatic hydroxyl groups excluding tert-OH is 1. The summed E-state index contributed by atoms with van der Waals surface area (Å²) in [4.78, 5) is 26.5. The molecule has 2 aromatic carbocycles. The molecule has 2 aromatic rings. The number of carbonyl (C=O) groups excluding carboxylic acids is 2. The minimum absolute atomic E-state index is 0.300. The molecule has 0 aromatic heterocycles. The molecule has 2 amide bonds. The van der Waals surface area contributed by atoms with Crippen LogP contribution in [0.25, 0.3) is 0 Å². The van der Waals surface area contributed by atoms with E-state index in [1.54, 1.807) is 31.2 Å².